The van der Waals surface area contributed by atoms with Gasteiger partial charge in [0.15, 0.2) is 5.15 Å². The summed E-state index contributed by atoms with van der Waals surface area (Å²) < 4.78 is 1.64. The second-order valence-corrected chi connectivity index (χ2v) is 5.43. The number of hydrogen-bond acceptors (Lipinski definition) is 2. The van der Waals surface area contributed by atoms with Crippen LogP contribution in [-0.2, 0) is 6.42 Å². The molecule has 0 saturated heterocycles. The smallest absolute Gasteiger partial charge is 0.150 e. The predicted molar refractivity (Wildman–Crippen MR) is 76.6 cm³/mol. The number of benzene rings is 1. The molecule has 0 fully saturated rings. The first-order valence-electron chi connectivity index (χ1n) is 6.27. The van der Waals surface area contributed by atoms with Gasteiger partial charge in [0.1, 0.15) is 11.6 Å². The average Bonchev–Trinajstić information content (AvgIpc) is 2.65. The molecule has 1 aromatic heterocycles. The summed E-state index contributed by atoms with van der Waals surface area (Å²) in [6.07, 6.45) is 0.751. The Balaban J connectivity index is 2.54. The molecule has 0 bridgehead atoms. The van der Waals surface area contributed by atoms with Crippen molar-refractivity contribution >= 4 is 11.6 Å². The Morgan fingerprint density at radius 1 is 1.42 bits per heavy atom. The average molecular weight is 274 g/mol. The third-order valence-electron chi connectivity index (χ3n) is 2.86. The minimum atomic E-state index is 0.392. The first kappa shape index (κ1) is 13.6. The maximum atomic E-state index is 9.24. The van der Waals surface area contributed by atoms with Gasteiger partial charge in [-0.15, -0.1) is 0 Å². The zero-order valence-corrected chi connectivity index (χ0v) is 12.1. The minimum Gasteiger partial charge on any atom is -0.221 e. The molecule has 1 heterocycles. The first-order valence-corrected chi connectivity index (χ1v) is 6.65. The fourth-order valence-corrected chi connectivity index (χ4v) is 2.30. The van der Waals surface area contributed by atoms with Crippen molar-refractivity contribution in [2.75, 3.05) is 0 Å². The van der Waals surface area contributed by atoms with Gasteiger partial charge in [-0.3, -0.25) is 0 Å². The molecule has 0 spiro atoms. The first-order chi connectivity index (χ1) is 9.02. The molecule has 0 unspecified atom stereocenters. The summed E-state index contributed by atoms with van der Waals surface area (Å²) in [5.74, 6) is 0.434. The van der Waals surface area contributed by atoms with Gasteiger partial charge in [-0.05, 0) is 37.0 Å². The fourth-order valence-electron chi connectivity index (χ4n) is 2.01. The number of nitrogens with zero attached hydrogens (tertiary/aromatic N) is 3. The van der Waals surface area contributed by atoms with Crippen LogP contribution in [0.25, 0.3) is 5.69 Å². The van der Waals surface area contributed by atoms with Gasteiger partial charge in [0.25, 0.3) is 0 Å². The van der Waals surface area contributed by atoms with E-state index in [1.165, 1.54) is 0 Å². The zero-order chi connectivity index (χ0) is 14.0. The standard InChI is InChI=1S/C15H16ClN3/c1-10(2)7-14-13(9-17)15(16)19(18-14)12-6-4-5-11(3)8-12/h4-6,8,10H,7H2,1-3H3. The molecule has 98 valence electrons. The van der Waals surface area contributed by atoms with E-state index in [0.717, 1.165) is 23.4 Å². The van der Waals surface area contributed by atoms with Crippen LogP contribution in [0.1, 0.15) is 30.7 Å². The van der Waals surface area contributed by atoms with Crippen LogP contribution in [0.5, 0.6) is 0 Å². The van der Waals surface area contributed by atoms with Crippen molar-refractivity contribution in [3.8, 4) is 11.8 Å². The van der Waals surface area contributed by atoms with Crippen LogP contribution < -0.4 is 0 Å². The van der Waals surface area contributed by atoms with Crippen LogP contribution in [-0.4, -0.2) is 9.78 Å². The number of aryl methyl sites for hydroxylation is 1. The van der Waals surface area contributed by atoms with Crippen molar-refractivity contribution in [3.05, 3.63) is 46.2 Å². The van der Waals surface area contributed by atoms with Crippen molar-refractivity contribution in [1.82, 2.24) is 9.78 Å². The number of aromatic nitrogens is 2. The van der Waals surface area contributed by atoms with E-state index in [9.17, 15) is 5.26 Å². The van der Waals surface area contributed by atoms with E-state index in [-0.39, 0.29) is 0 Å². The van der Waals surface area contributed by atoms with Gasteiger partial charge < -0.3 is 0 Å². The van der Waals surface area contributed by atoms with Crippen molar-refractivity contribution < 1.29 is 0 Å². The quantitative estimate of drug-likeness (QED) is 0.851. The Hall–Kier alpha value is -1.79. The maximum absolute atomic E-state index is 9.24. The van der Waals surface area contributed by atoms with Crippen molar-refractivity contribution in [1.29, 1.82) is 5.26 Å². The van der Waals surface area contributed by atoms with E-state index in [4.69, 9.17) is 11.6 Å². The molecule has 4 heteroatoms. The fraction of sp³-hybridized carbons (Fsp3) is 0.333. The Bertz CT molecular complexity index is 635. The number of nitriles is 1. The topological polar surface area (TPSA) is 41.6 Å². The van der Waals surface area contributed by atoms with Gasteiger partial charge >= 0.3 is 0 Å². The number of rotatable bonds is 3. The molecular weight excluding hydrogens is 258 g/mol. The largest absolute Gasteiger partial charge is 0.221 e. The summed E-state index contributed by atoms with van der Waals surface area (Å²) in [7, 11) is 0. The SMILES string of the molecule is Cc1cccc(-n2nc(CC(C)C)c(C#N)c2Cl)c1. The van der Waals surface area contributed by atoms with Crippen molar-refractivity contribution in [2.24, 2.45) is 5.92 Å². The third-order valence-corrected chi connectivity index (χ3v) is 3.21. The van der Waals surface area contributed by atoms with Gasteiger partial charge in [0.05, 0.1) is 11.4 Å². The Labute approximate surface area is 118 Å². The molecule has 2 aromatic rings. The Kier molecular flexibility index (Phi) is 3.92. The van der Waals surface area contributed by atoms with Crippen molar-refractivity contribution in [3.63, 3.8) is 0 Å². The lowest BCUT2D eigenvalue weighted by Gasteiger charge is -2.04. The van der Waals surface area contributed by atoms with Gasteiger partial charge in [0, 0.05) is 0 Å². The molecule has 0 saturated carbocycles. The summed E-state index contributed by atoms with van der Waals surface area (Å²) in [5.41, 5.74) is 3.27. The van der Waals surface area contributed by atoms with E-state index in [1.807, 2.05) is 31.2 Å². The molecule has 19 heavy (non-hydrogen) atoms. The normalized spacial score (nSPS) is 10.7. The van der Waals surface area contributed by atoms with Crippen LogP contribution in [0.3, 0.4) is 0 Å². The van der Waals surface area contributed by atoms with E-state index < -0.39 is 0 Å². The van der Waals surface area contributed by atoms with Crippen LogP contribution >= 0.6 is 11.6 Å². The van der Waals surface area contributed by atoms with E-state index in [0.29, 0.717) is 16.6 Å². The van der Waals surface area contributed by atoms with Crippen LogP contribution in [0.2, 0.25) is 5.15 Å². The second-order valence-electron chi connectivity index (χ2n) is 5.07. The minimum absolute atomic E-state index is 0.392. The summed E-state index contributed by atoms with van der Waals surface area (Å²) in [4.78, 5) is 0. The van der Waals surface area contributed by atoms with Gasteiger partial charge in [-0.1, -0.05) is 37.6 Å². The van der Waals surface area contributed by atoms with Crippen LogP contribution in [0.15, 0.2) is 24.3 Å². The highest BCUT2D eigenvalue weighted by Crippen LogP contribution is 2.25. The van der Waals surface area contributed by atoms with Gasteiger partial charge in [-0.2, -0.15) is 10.4 Å². The maximum Gasteiger partial charge on any atom is 0.150 e. The van der Waals surface area contributed by atoms with E-state index >= 15 is 0 Å². The van der Waals surface area contributed by atoms with Crippen molar-refractivity contribution in [2.45, 2.75) is 27.2 Å². The van der Waals surface area contributed by atoms with Gasteiger partial charge in [-0.25, -0.2) is 4.68 Å². The summed E-state index contributed by atoms with van der Waals surface area (Å²) in [5, 5.41) is 14.1. The molecule has 0 aliphatic heterocycles. The number of halogens is 1. The third kappa shape index (κ3) is 2.80. The lowest BCUT2D eigenvalue weighted by Crippen LogP contribution is -2.00. The number of hydrogen-bond donors (Lipinski definition) is 0. The second kappa shape index (κ2) is 5.46. The Morgan fingerprint density at radius 3 is 2.74 bits per heavy atom. The lowest BCUT2D eigenvalue weighted by molar-refractivity contribution is 0.627. The highest BCUT2D eigenvalue weighted by Gasteiger charge is 2.17. The summed E-state index contributed by atoms with van der Waals surface area (Å²) >= 11 is 6.28. The molecule has 0 aliphatic rings. The summed E-state index contributed by atoms with van der Waals surface area (Å²) in [6, 6.07) is 10.1. The lowest BCUT2D eigenvalue weighted by atomic mass is 10.1. The molecule has 3 nitrogen and oxygen atoms in total. The molecule has 0 aliphatic carbocycles. The van der Waals surface area contributed by atoms with E-state index in [1.54, 1.807) is 4.68 Å². The zero-order valence-electron chi connectivity index (χ0n) is 11.3. The van der Waals surface area contributed by atoms with Crippen LogP contribution in [0.4, 0.5) is 0 Å². The molecule has 0 atom stereocenters. The van der Waals surface area contributed by atoms with Gasteiger partial charge in [0.2, 0.25) is 0 Å². The highest BCUT2D eigenvalue weighted by molar-refractivity contribution is 6.31. The molecule has 1 aromatic carbocycles. The molecular formula is C15H16ClN3. The predicted octanol–water partition coefficient (Wildman–Crippen LogP) is 3.90. The van der Waals surface area contributed by atoms with Crippen LogP contribution in [0, 0.1) is 24.2 Å². The summed E-state index contributed by atoms with van der Waals surface area (Å²) in [6.45, 7) is 6.21. The molecule has 2 rings (SSSR count). The molecule has 0 amide bonds. The monoisotopic (exact) mass is 273 g/mol. The highest BCUT2D eigenvalue weighted by atomic mass is 35.5. The Morgan fingerprint density at radius 2 is 2.16 bits per heavy atom. The molecule has 0 N–H and O–H groups in total. The molecule has 0 radical (unpaired) electrons. The van der Waals surface area contributed by atoms with E-state index in [2.05, 4.69) is 25.0 Å².